The second-order valence-electron chi connectivity index (χ2n) is 6.63. The summed E-state index contributed by atoms with van der Waals surface area (Å²) in [6.45, 7) is 6.75. The van der Waals surface area contributed by atoms with Gasteiger partial charge in [0.1, 0.15) is 0 Å². The fraction of sp³-hybridized carbons (Fsp3) is 0.588. The highest BCUT2D eigenvalue weighted by molar-refractivity contribution is 5.88. The van der Waals surface area contributed by atoms with E-state index in [0.29, 0.717) is 5.82 Å². The van der Waals surface area contributed by atoms with Gasteiger partial charge >= 0.3 is 6.03 Å². The molecule has 1 fully saturated rings. The van der Waals surface area contributed by atoms with Gasteiger partial charge in [0.25, 0.3) is 0 Å². The van der Waals surface area contributed by atoms with Gasteiger partial charge < -0.3 is 4.90 Å². The smallest absolute Gasteiger partial charge is 0.317 e. The van der Waals surface area contributed by atoms with E-state index in [0.717, 1.165) is 54.9 Å². The highest BCUT2D eigenvalue weighted by Gasteiger charge is 2.30. The summed E-state index contributed by atoms with van der Waals surface area (Å²) in [5, 5.41) is 14.7. The van der Waals surface area contributed by atoms with Crippen LogP contribution < -0.4 is 5.32 Å². The maximum atomic E-state index is 12.9. The van der Waals surface area contributed by atoms with Gasteiger partial charge in [-0.1, -0.05) is 12.8 Å². The Bertz CT molecular complexity index is 693. The van der Waals surface area contributed by atoms with Gasteiger partial charge in [-0.2, -0.15) is 10.2 Å². The van der Waals surface area contributed by atoms with Crippen molar-refractivity contribution in [3.63, 3.8) is 0 Å². The highest BCUT2D eigenvalue weighted by atomic mass is 16.2. The number of aromatic nitrogens is 4. The van der Waals surface area contributed by atoms with Crippen LogP contribution in [0, 0.1) is 20.8 Å². The molecule has 1 saturated heterocycles. The summed E-state index contributed by atoms with van der Waals surface area (Å²) < 4.78 is 1.76. The predicted octanol–water partition coefficient (Wildman–Crippen LogP) is 3.22. The topological polar surface area (TPSA) is 78.8 Å². The molecule has 0 aromatic carbocycles. The van der Waals surface area contributed by atoms with Gasteiger partial charge in [0.05, 0.1) is 11.7 Å². The zero-order valence-corrected chi connectivity index (χ0v) is 14.9. The molecule has 3 rings (SSSR count). The Morgan fingerprint density at radius 3 is 2.71 bits per heavy atom. The van der Waals surface area contributed by atoms with Crippen molar-refractivity contribution in [3.05, 3.63) is 28.7 Å². The summed E-state index contributed by atoms with van der Waals surface area (Å²) in [7, 11) is 1.87. The molecule has 130 valence electrons. The number of amides is 2. The molecule has 0 spiro atoms. The minimum atomic E-state index is -0.0833. The molecule has 0 radical (unpaired) electrons. The van der Waals surface area contributed by atoms with E-state index in [1.807, 2.05) is 38.8 Å². The van der Waals surface area contributed by atoms with Crippen LogP contribution in [0.25, 0.3) is 0 Å². The summed E-state index contributed by atoms with van der Waals surface area (Å²) in [6.07, 6.45) is 4.27. The minimum Gasteiger partial charge on any atom is -0.317 e. The number of anilines is 1. The molecule has 7 heteroatoms. The van der Waals surface area contributed by atoms with Gasteiger partial charge in [-0.05, 0) is 33.6 Å². The molecular weight excluding hydrogens is 304 g/mol. The fourth-order valence-electron chi connectivity index (χ4n) is 3.51. The lowest BCUT2D eigenvalue weighted by Gasteiger charge is -2.30. The standard InChI is InChI=1S/C17H26N6O/c1-11-10-15(21-22(11)4)18-17(24)23-9-7-5-6-8-14(23)16-12(2)19-20-13(16)3/h10,14H,5-9H2,1-4H3,(H,19,20)(H,18,21,24)/t14-/m0/s1. The van der Waals surface area contributed by atoms with E-state index in [1.54, 1.807) is 4.68 Å². The van der Waals surface area contributed by atoms with Crippen molar-refractivity contribution in [2.24, 2.45) is 7.05 Å². The minimum absolute atomic E-state index is 0.0658. The van der Waals surface area contributed by atoms with Crippen molar-refractivity contribution in [2.45, 2.75) is 52.5 Å². The summed E-state index contributed by atoms with van der Waals surface area (Å²) in [5.41, 5.74) is 4.19. The molecular formula is C17H26N6O. The first kappa shape index (κ1) is 16.5. The van der Waals surface area contributed by atoms with E-state index in [2.05, 4.69) is 20.6 Å². The number of nitrogens with one attached hydrogen (secondary N) is 2. The van der Waals surface area contributed by atoms with Crippen LogP contribution in [-0.4, -0.2) is 37.5 Å². The number of rotatable bonds is 2. The first-order valence-electron chi connectivity index (χ1n) is 8.57. The van der Waals surface area contributed by atoms with E-state index >= 15 is 0 Å². The summed E-state index contributed by atoms with van der Waals surface area (Å²) in [4.78, 5) is 14.9. The Labute approximate surface area is 142 Å². The number of H-pyrrole nitrogens is 1. The summed E-state index contributed by atoms with van der Waals surface area (Å²) >= 11 is 0. The first-order chi connectivity index (χ1) is 11.5. The van der Waals surface area contributed by atoms with Gasteiger partial charge in [0.2, 0.25) is 0 Å². The van der Waals surface area contributed by atoms with E-state index < -0.39 is 0 Å². The molecule has 1 aliphatic rings. The number of likely N-dealkylation sites (tertiary alicyclic amines) is 1. The van der Waals surface area contributed by atoms with Crippen molar-refractivity contribution < 1.29 is 4.79 Å². The van der Waals surface area contributed by atoms with Crippen molar-refractivity contribution in [3.8, 4) is 0 Å². The van der Waals surface area contributed by atoms with Gasteiger partial charge in [-0.15, -0.1) is 0 Å². The van der Waals surface area contributed by atoms with Crippen LogP contribution in [0.3, 0.4) is 0 Å². The van der Waals surface area contributed by atoms with Crippen molar-refractivity contribution >= 4 is 11.8 Å². The van der Waals surface area contributed by atoms with Crippen molar-refractivity contribution in [1.29, 1.82) is 0 Å². The average Bonchev–Trinajstić information content (AvgIpc) is 2.92. The number of nitrogens with zero attached hydrogens (tertiary/aromatic N) is 4. The quantitative estimate of drug-likeness (QED) is 0.887. The Balaban J connectivity index is 1.85. The van der Waals surface area contributed by atoms with Gasteiger partial charge in [0.15, 0.2) is 5.82 Å². The molecule has 0 saturated carbocycles. The average molecular weight is 330 g/mol. The molecule has 0 unspecified atom stereocenters. The van der Waals surface area contributed by atoms with Crippen LogP contribution >= 0.6 is 0 Å². The molecule has 1 atom stereocenters. The third-order valence-electron chi connectivity index (χ3n) is 4.88. The number of aromatic amines is 1. The van der Waals surface area contributed by atoms with Crippen LogP contribution in [0.4, 0.5) is 10.6 Å². The Morgan fingerprint density at radius 2 is 2.08 bits per heavy atom. The van der Waals surface area contributed by atoms with Crippen LogP contribution in [0.1, 0.15) is 54.4 Å². The number of hydrogen-bond donors (Lipinski definition) is 2. The normalized spacial score (nSPS) is 18.5. The zero-order chi connectivity index (χ0) is 17.3. The molecule has 24 heavy (non-hydrogen) atoms. The number of carbonyl (C=O) groups excluding carboxylic acids is 1. The van der Waals surface area contributed by atoms with Gasteiger partial charge in [0, 0.05) is 36.6 Å². The second kappa shape index (κ2) is 6.67. The maximum absolute atomic E-state index is 12.9. The molecule has 0 aliphatic carbocycles. The number of carbonyl (C=O) groups is 1. The molecule has 7 nitrogen and oxygen atoms in total. The highest BCUT2D eigenvalue weighted by Crippen LogP contribution is 2.33. The molecule has 0 bridgehead atoms. The van der Waals surface area contributed by atoms with E-state index in [-0.39, 0.29) is 12.1 Å². The third kappa shape index (κ3) is 3.16. The molecule has 2 aromatic rings. The number of urea groups is 1. The van der Waals surface area contributed by atoms with Gasteiger partial charge in [-0.25, -0.2) is 4.79 Å². The van der Waals surface area contributed by atoms with E-state index in [9.17, 15) is 4.79 Å². The summed E-state index contributed by atoms with van der Waals surface area (Å²) in [6, 6.07) is 1.87. The van der Waals surface area contributed by atoms with Crippen LogP contribution in [0.15, 0.2) is 6.07 Å². The van der Waals surface area contributed by atoms with E-state index in [4.69, 9.17) is 0 Å². The maximum Gasteiger partial charge on any atom is 0.323 e. The molecule has 2 N–H and O–H groups in total. The number of aryl methyl sites for hydroxylation is 4. The van der Waals surface area contributed by atoms with Crippen LogP contribution in [0.5, 0.6) is 0 Å². The largest absolute Gasteiger partial charge is 0.323 e. The number of hydrogen-bond acceptors (Lipinski definition) is 3. The Kier molecular flexibility index (Phi) is 4.59. The second-order valence-corrected chi connectivity index (χ2v) is 6.63. The third-order valence-corrected chi connectivity index (χ3v) is 4.88. The predicted molar refractivity (Wildman–Crippen MR) is 92.9 cm³/mol. The SMILES string of the molecule is Cc1n[nH]c(C)c1[C@@H]1CCCCCN1C(=O)Nc1cc(C)n(C)n1. The molecule has 2 aromatic heterocycles. The fourth-order valence-corrected chi connectivity index (χ4v) is 3.51. The van der Waals surface area contributed by atoms with Crippen molar-refractivity contribution in [1.82, 2.24) is 24.9 Å². The molecule has 1 aliphatic heterocycles. The lowest BCUT2D eigenvalue weighted by Crippen LogP contribution is -2.38. The lowest BCUT2D eigenvalue weighted by atomic mass is 9.99. The van der Waals surface area contributed by atoms with E-state index in [1.165, 1.54) is 0 Å². The first-order valence-corrected chi connectivity index (χ1v) is 8.57. The van der Waals surface area contributed by atoms with Crippen LogP contribution in [0.2, 0.25) is 0 Å². The monoisotopic (exact) mass is 330 g/mol. The Morgan fingerprint density at radius 1 is 1.29 bits per heavy atom. The molecule has 2 amide bonds. The zero-order valence-electron chi connectivity index (χ0n) is 14.9. The summed E-state index contributed by atoms with van der Waals surface area (Å²) in [5.74, 6) is 0.601. The Hall–Kier alpha value is -2.31. The molecule has 3 heterocycles. The van der Waals surface area contributed by atoms with Crippen LogP contribution in [-0.2, 0) is 7.05 Å². The van der Waals surface area contributed by atoms with Gasteiger partial charge in [-0.3, -0.25) is 15.1 Å². The van der Waals surface area contributed by atoms with Crippen molar-refractivity contribution in [2.75, 3.05) is 11.9 Å². The lowest BCUT2D eigenvalue weighted by molar-refractivity contribution is 0.189.